The van der Waals surface area contributed by atoms with Crippen LogP contribution in [0.2, 0.25) is 10.0 Å². The number of pyridine rings is 1. The summed E-state index contributed by atoms with van der Waals surface area (Å²) in [5, 5.41) is 3.93. The molecule has 160 valence electrons. The third kappa shape index (κ3) is 3.75. The van der Waals surface area contributed by atoms with Gasteiger partial charge >= 0.3 is 11.8 Å². The zero-order valence-electron chi connectivity index (χ0n) is 16.1. The molecule has 0 saturated heterocycles. The van der Waals surface area contributed by atoms with Crippen LogP contribution in [0.5, 0.6) is 0 Å². The third-order valence-corrected chi connectivity index (χ3v) is 5.24. The molecule has 1 aromatic carbocycles. The molecule has 4 rings (SSSR count). The lowest BCUT2D eigenvalue weighted by Gasteiger charge is -2.17. The summed E-state index contributed by atoms with van der Waals surface area (Å²) in [6, 6.07) is 4.12. The van der Waals surface area contributed by atoms with Crippen molar-refractivity contribution in [1.29, 1.82) is 0 Å². The average molecular weight is 466 g/mol. The van der Waals surface area contributed by atoms with Crippen LogP contribution < -0.4 is 10.5 Å². The molecule has 9 nitrogen and oxygen atoms in total. The Morgan fingerprint density at radius 1 is 1.26 bits per heavy atom. The van der Waals surface area contributed by atoms with E-state index in [2.05, 4.69) is 19.8 Å². The number of hydrogen-bond acceptors (Lipinski definition) is 6. The minimum atomic E-state index is -0.863. The first-order valence-electron chi connectivity index (χ1n) is 8.84. The van der Waals surface area contributed by atoms with Crippen molar-refractivity contribution in [2.24, 2.45) is 0 Å². The number of aromatic amines is 1. The highest BCUT2D eigenvalue weighted by molar-refractivity contribution is 6.36. The van der Waals surface area contributed by atoms with Crippen LogP contribution in [0.15, 0.2) is 41.6 Å². The molecule has 0 bridgehead atoms. The molecule has 0 spiro atoms. The number of ether oxygens (including phenoxy) is 1. The van der Waals surface area contributed by atoms with Gasteiger partial charge in [-0.3, -0.25) is 4.98 Å². The van der Waals surface area contributed by atoms with E-state index in [0.29, 0.717) is 16.6 Å². The standard InChI is InChI=1S/C19H14Cl2FN5O4/c1-9(15-12(20)3-4-13(22)16(15)21)31-27-14-5-10(6-23-17(14)25-18(27)28)11-7-24-26(8-11)19(29)30-2/h3-9H,1-2H3,(H,23,25,28). The maximum atomic E-state index is 13.9. The van der Waals surface area contributed by atoms with Gasteiger partial charge in [0, 0.05) is 34.1 Å². The maximum Gasteiger partial charge on any atom is 0.434 e. The first-order chi connectivity index (χ1) is 14.8. The van der Waals surface area contributed by atoms with Crippen molar-refractivity contribution in [3.05, 3.63) is 68.7 Å². The topological polar surface area (TPSA) is 104 Å². The second-order valence-electron chi connectivity index (χ2n) is 6.46. The molecule has 3 heterocycles. The molecule has 1 N–H and O–H groups in total. The molecule has 1 unspecified atom stereocenters. The molecular weight excluding hydrogens is 452 g/mol. The van der Waals surface area contributed by atoms with Gasteiger partial charge in [-0.2, -0.15) is 9.78 Å². The van der Waals surface area contributed by atoms with Crippen LogP contribution >= 0.6 is 23.2 Å². The van der Waals surface area contributed by atoms with E-state index in [1.54, 1.807) is 13.0 Å². The van der Waals surface area contributed by atoms with E-state index in [4.69, 9.17) is 28.0 Å². The number of carbonyl (C=O) groups is 1. The van der Waals surface area contributed by atoms with Crippen LogP contribution in [0.1, 0.15) is 18.6 Å². The molecular formula is C19H14Cl2FN5O4. The summed E-state index contributed by atoms with van der Waals surface area (Å²) in [7, 11) is 1.24. The van der Waals surface area contributed by atoms with Gasteiger partial charge in [0.1, 0.15) is 11.3 Å². The number of halogens is 3. The number of methoxy groups -OCH3 is 1. The van der Waals surface area contributed by atoms with Crippen LogP contribution in [0.25, 0.3) is 22.3 Å². The summed E-state index contributed by atoms with van der Waals surface area (Å²) in [6.45, 7) is 1.58. The smallest absolute Gasteiger partial charge is 0.434 e. The lowest BCUT2D eigenvalue weighted by molar-refractivity contribution is 0.0492. The molecule has 0 fully saturated rings. The lowest BCUT2D eigenvalue weighted by atomic mass is 10.1. The first kappa shape index (κ1) is 20.9. The number of nitrogens with zero attached hydrogens (tertiary/aromatic N) is 4. The Morgan fingerprint density at radius 3 is 2.77 bits per heavy atom. The highest BCUT2D eigenvalue weighted by Crippen LogP contribution is 2.33. The van der Waals surface area contributed by atoms with Gasteiger partial charge < -0.3 is 9.57 Å². The number of aromatic nitrogens is 5. The Labute approximate surface area is 183 Å². The van der Waals surface area contributed by atoms with Crippen molar-refractivity contribution in [1.82, 2.24) is 24.5 Å². The minimum absolute atomic E-state index is 0.193. The normalized spacial score (nSPS) is 12.2. The Bertz CT molecular complexity index is 1360. The van der Waals surface area contributed by atoms with E-state index in [-0.39, 0.29) is 21.3 Å². The van der Waals surface area contributed by atoms with Crippen LogP contribution in [0.4, 0.5) is 9.18 Å². The van der Waals surface area contributed by atoms with Gasteiger partial charge in [0.15, 0.2) is 11.8 Å². The highest BCUT2D eigenvalue weighted by atomic mass is 35.5. The van der Waals surface area contributed by atoms with E-state index >= 15 is 0 Å². The predicted molar refractivity (Wildman–Crippen MR) is 111 cm³/mol. The zero-order chi connectivity index (χ0) is 22.3. The Balaban J connectivity index is 1.74. The molecule has 12 heteroatoms. The summed E-state index contributed by atoms with van der Waals surface area (Å²) in [5.41, 5.74) is 1.30. The van der Waals surface area contributed by atoms with Crippen molar-refractivity contribution in [2.45, 2.75) is 13.0 Å². The van der Waals surface area contributed by atoms with E-state index in [1.807, 2.05) is 0 Å². The van der Waals surface area contributed by atoms with Crippen molar-refractivity contribution < 1.29 is 18.8 Å². The fraction of sp³-hybridized carbons (Fsp3) is 0.158. The molecule has 31 heavy (non-hydrogen) atoms. The van der Waals surface area contributed by atoms with Gasteiger partial charge in [0.05, 0.1) is 18.3 Å². The third-order valence-electron chi connectivity index (χ3n) is 4.52. The average Bonchev–Trinajstić information content (AvgIpc) is 3.35. The summed E-state index contributed by atoms with van der Waals surface area (Å²) in [4.78, 5) is 36.6. The molecule has 0 amide bonds. The molecule has 0 aliphatic rings. The van der Waals surface area contributed by atoms with Crippen LogP contribution in [0.3, 0.4) is 0 Å². The van der Waals surface area contributed by atoms with Crippen molar-refractivity contribution in [3.63, 3.8) is 0 Å². The van der Waals surface area contributed by atoms with Crippen LogP contribution in [0, 0.1) is 5.82 Å². The predicted octanol–water partition coefficient (Wildman–Crippen LogP) is 3.84. The molecule has 0 aliphatic heterocycles. The Morgan fingerprint density at radius 2 is 2.03 bits per heavy atom. The van der Waals surface area contributed by atoms with Crippen molar-refractivity contribution in [3.8, 4) is 11.1 Å². The van der Waals surface area contributed by atoms with Crippen LogP contribution in [-0.4, -0.2) is 37.7 Å². The second kappa shape index (κ2) is 8.05. The molecule has 1 atom stereocenters. The summed E-state index contributed by atoms with van der Waals surface area (Å²) < 4.78 is 20.5. The van der Waals surface area contributed by atoms with Gasteiger partial charge in [0.25, 0.3) is 0 Å². The SMILES string of the molecule is COC(=O)n1cc(-c2cnc3[nH]c(=O)n(OC(C)c4c(Cl)ccc(F)c4Cl)c3c2)cn1. The number of rotatable bonds is 4. The molecule has 3 aromatic heterocycles. The number of benzene rings is 1. The largest absolute Gasteiger partial charge is 0.451 e. The van der Waals surface area contributed by atoms with Gasteiger partial charge in [-0.1, -0.05) is 23.2 Å². The quantitative estimate of drug-likeness (QED) is 0.459. The monoisotopic (exact) mass is 465 g/mol. The van der Waals surface area contributed by atoms with Crippen molar-refractivity contribution in [2.75, 3.05) is 7.11 Å². The zero-order valence-corrected chi connectivity index (χ0v) is 17.6. The lowest BCUT2D eigenvalue weighted by Crippen LogP contribution is -2.26. The number of fused-ring (bicyclic) bond motifs is 1. The number of H-pyrrole nitrogens is 1. The number of hydrogen-bond donors (Lipinski definition) is 1. The fourth-order valence-corrected chi connectivity index (χ4v) is 3.70. The fourth-order valence-electron chi connectivity index (χ4n) is 3.02. The van der Waals surface area contributed by atoms with E-state index in [1.165, 1.54) is 31.8 Å². The molecule has 0 radical (unpaired) electrons. The Kier molecular flexibility index (Phi) is 5.42. The minimum Gasteiger partial charge on any atom is -0.451 e. The van der Waals surface area contributed by atoms with Crippen molar-refractivity contribution >= 4 is 40.5 Å². The summed E-state index contributed by atoms with van der Waals surface area (Å²) in [6.07, 6.45) is 2.90. The van der Waals surface area contributed by atoms with Gasteiger partial charge in [-0.05, 0) is 25.1 Å². The molecule has 0 saturated carbocycles. The van der Waals surface area contributed by atoms with Gasteiger partial charge in [-0.25, -0.2) is 19.0 Å². The van der Waals surface area contributed by atoms with E-state index in [9.17, 15) is 14.0 Å². The highest BCUT2D eigenvalue weighted by Gasteiger charge is 2.21. The number of nitrogens with one attached hydrogen (secondary N) is 1. The maximum absolute atomic E-state index is 13.9. The summed E-state index contributed by atoms with van der Waals surface area (Å²) in [5.74, 6) is -0.658. The number of carbonyl (C=O) groups excluding carboxylic acids is 1. The second-order valence-corrected chi connectivity index (χ2v) is 7.25. The van der Waals surface area contributed by atoms with Crippen LogP contribution in [-0.2, 0) is 4.74 Å². The van der Waals surface area contributed by atoms with Gasteiger partial charge in [0.2, 0.25) is 0 Å². The van der Waals surface area contributed by atoms with Gasteiger partial charge in [-0.15, -0.1) is 4.73 Å². The Hall–Kier alpha value is -3.37. The molecule has 4 aromatic rings. The van der Waals surface area contributed by atoms with E-state index < -0.39 is 23.7 Å². The molecule has 0 aliphatic carbocycles. The number of imidazole rings is 1. The first-order valence-corrected chi connectivity index (χ1v) is 9.60. The summed E-state index contributed by atoms with van der Waals surface area (Å²) >= 11 is 12.2. The van der Waals surface area contributed by atoms with E-state index in [0.717, 1.165) is 15.5 Å².